The molecule has 2 aromatic heterocycles. The Balaban J connectivity index is 2.06. The number of anilines is 1. The lowest BCUT2D eigenvalue weighted by molar-refractivity contribution is 0.674. The Morgan fingerprint density at radius 3 is 2.90 bits per heavy atom. The summed E-state index contributed by atoms with van der Waals surface area (Å²) < 4.78 is 0. The van der Waals surface area contributed by atoms with E-state index >= 15 is 0 Å². The molecule has 0 saturated carbocycles. The van der Waals surface area contributed by atoms with Crippen molar-refractivity contribution >= 4 is 28.8 Å². The Bertz CT molecular complexity index is 585. The lowest BCUT2D eigenvalue weighted by atomic mass is 10.2. The van der Waals surface area contributed by atoms with Crippen LogP contribution in [0.25, 0.3) is 0 Å². The van der Waals surface area contributed by atoms with Crippen LogP contribution in [0.2, 0.25) is 5.02 Å². The van der Waals surface area contributed by atoms with Crippen LogP contribution in [0.3, 0.4) is 0 Å². The van der Waals surface area contributed by atoms with E-state index in [2.05, 4.69) is 32.5 Å². The van der Waals surface area contributed by atoms with Gasteiger partial charge >= 0.3 is 0 Å². The van der Waals surface area contributed by atoms with Crippen LogP contribution in [0.1, 0.15) is 29.6 Å². The SMILES string of the molecule is CCCNCc1cc(N(C)Cc2csc(C)n2)ncc1Cl. The minimum atomic E-state index is 0.709. The zero-order valence-corrected chi connectivity index (χ0v) is 14.3. The van der Waals surface area contributed by atoms with Crippen molar-refractivity contribution in [3.05, 3.63) is 38.9 Å². The van der Waals surface area contributed by atoms with Crippen LogP contribution in [0.5, 0.6) is 0 Å². The second kappa shape index (κ2) is 7.73. The van der Waals surface area contributed by atoms with Gasteiger partial charge in [0, 0.05) is 25.2 Å². The second-order valence-electron chi connectivity index (χ2n) is 5.02. The fraction of sp³-hybridized carbons (Fsp3) is 0.467. The molecule has 0 radical (unpaired) electrons. The zero-order valence-electron chi connectivity index (χ0n) is 12.7. The lowest BCUT2D eigenvalue weighted by Gasteiger charge is -2.18. The molecule has 0 aliphatic rings. The number of halogens is 1. The molecule has 2 rings (SSSR count). The van der Waals surface area contributed by atoms with E-state index in [0.717, 1.165) is 48.1 Å². The third-order valence-electron chi connectivity index (χ3n) is 3.12. The summed E-state index contributed by atoms with van der Waals surface area (Å²) in [6, 6.07) is 2.05. The first-order chi connectivity index (χ1) is 10.1. The first-order valence-corrected chi connectivity index (χ1v) is 8.33. The molecular formula is C15H21ClN4S. The average molecular weight is 325 g/mol. The van der Waals surface area contributed by atoms with Gasteiger partial charge in [-0.2, -0.15) is 0 Å². The topological polar surface area (TPSA) is 41.0 Å². The Morgan fingerprint density at radius 1 is 1.43 bits per heavy atom. The van der Waals surface area contributed by atoms with Gasteiger partial charge in [0.2, 0.25) is 0 Å². The average Bonchev–Trinajstić information content (AvgIpc) is 2.86. The van der Waals surface area contributed by atoms with E-state index in [4.69, 9.17) is 11.6 Å². The van der Waals surface area contributed by atoms with Crippen molar-refractivity contribution in [2.24, 2.45) is 0 Å². The van der Waals surface area contributed by atoms with Crippen molar-refractivity contribution in [1.29, 1.82) is 0 Å². The Kier molecular flexibility index (Phi) is 5.96. The van der Waals surface area contributed by atoms with Gasteiger partial charge in [0.25, 0.3) is 0 Å². The van der Waals surface area contributed by atoms with Crippen LogP contribution in [-0.2, 0) is 13.1 Å². The molecule has 0 unspecified atom stereocenters. The van der Waals surface area contributed by atoms with E-state index in [1.807, 2.05) is 20.0 Å². The number of thiazole rings is 1. The van der Waals surface area contributed by atoms with Crippen LogP contribution < -0.4 is 10.2 Å². The van der Waals surface area contributed by atoms with E-state index in [1.165, 1.54) is 0 Å². The summed E-state index contributed by atoms with van der Waals surface area (Å²) in [6.07, 6.45) is 2.83. The molecule has 2 heterocycles. The van der Waals surface area contributed by atoms with Gasteiger partial charge in [0.05, 0.1) is 22.3 Å². The first-order valence-electron chi connectivity index (χ1n) is 7.07. The van der Waals surface area contributed by atoms with E-state index in [-0.39, 0.29) is 0 Å². The highest BCUT2D eigenvalue weighted by molar-refractivity contribution is 7.09. The standard InChI is InChI=1S/C15H21ClN4S/c1-4-5-17-7-12-6-15(18-8-14(12)16)20(3)9-13-10-21-11(2)19-13/h6,8,10,17H,4-5,7,9H2,1-3H3. The predicted octanol–water partition coefficient (Wildman–Crippen LogP) is 3.64. The number of nitrogens with one attached hydrogen (secondary N) is 1. The van der Waals surface area contributed by atoms with E-state index in [1.54, 1.807) is 17.5 Å². The second-order valence-corrected chi connectivity index (χ2v) is 6.49. The van der Waals surface area contributed by atoms with Gasteiger partial charge in [-0.1, -0.05) is 18.5 Å². The highest BCUT2D eigenvalue weighted by Gasteiger charge is 2.09. The highest BCUT2D eigenvalue weighted by Crippen LogP contribution is 2.21. The van der Waals surface area contributed by atoms with Crippen LogP contribution in [0, 0.1) is 6.92 Å². The van der Waals surface area contributed by atoms with Gasteiger partial charge in [-0.3, -0.25) is 0 Å². The Hall–Kier alpha value is -1.17. The molecule has 21 heavy (non-hydrogen) atoms. The van der Waals surface area contributed by atoms with Crippen LogP contribution in [-0.4, -0.2) is 23.6 Å². The smallest absolute Gasteiger partial charge is 0.128 e. The van der Waals surface area contributed by atoms with Crippen molar-refractivity contribution in [1.82, 2.24) is 15.3 Å². The quantitative estimate of drug-likeness (QED) is 0.789. The van der Waals surface area contributed by atoms with Gasteiger partial charge in [0.1, 0.15) is 5.82 Å². The summed E-state index contributed by atoms with van der Waals surface area (Å²) >= 11 is 7.88. The van der Waals surface area contributed by atoms with Crippen LogP contribution in [0.15, 0.2) is 17.6 Å². The number of rotatable bonds is 7. The maximum atomic E-state index is 6.21. The molecule has 6 heteroatoms. The molecule has 0 aliphatic heterocycles. The fourth-order valence-corrected chi connectivity index (χ4v) is 2.79. The van der Waals surface area contributed by atoms with Gasteiger partial charge in [-0.05, 0) is 31.5 Å². The van der Waals surface area contributed by atoms with Crippen molar-refractivity contribution in [2.45, 2.75) is 33.4 Å². The molecule has 0 amide bonds. The molecule has 1 N–H and O–H groups in total. The monoisotopic (exact) mass is 324 g/mol. The van der Waals surface area contributed by atoms with E-state index < -0.39 is 0 Å². The number of hydrogen-bond acceptors (Lipinski definition) is 5. The molecule has 0 saturated heterocycles. The molecule has 0 aliphatic carbocycles. The van der Waals surface area contributed by atoms with Crippen molar-refractivity contribution in [3.8, 4) is 0 Å². The maximum Gasteiger partial charge on any atom is 0.128 e. The first kappa shape index (κ1) is 16.2. The molecule has 0 spiro atoms. The van der Waals surface area contributed by atoms with Gasteiger partial charge < -0.3 is 10.2 Å². The summed E-state index contributed by atoms with van der Waals surface area (Å²) in [6.45, 7) is 6.68. The van der Waals surface area contributed by atoms with E-state index in [9.17, 15) is 0 Å². The molecule has 114 valence electrons. The fourth-order valence-electron chi connectivity index (χ4n) is 2.02. The van der Waals surface area contributed by atoms with E-state index in [0.29, 0.717) is 5.02 Å². The Labute approximate surface area is 135 Å². The summed E-state index contributed by atoms with van der Waals surface area (Å²) in [5, 5.41) is 7.26. The van der Waals surface area contributed by atoms with Crippen LogP contribution in [0.4, 0.5) is 5.82 Å². The molecule has 0 atom stereocenters. The number of nitrogens with zero attached hydrogens (tertiary/aromatic N) is 3. The van der Waals surface area contributed by atoms with Gasteiger partial charge in [-0.15, -0.1) is 11.3 Å². The summed E-state index contributed by atoms with van der Waals surface area (Å²) in [7, 11) is 2.02. The highest BCUT2D eigenvalue weighted by atomic mass is 35.5. The number of hydrogen-bond donors (Lipinski definition) is 1. The normalized spacial score (nSPS) is 10.9. The third kappa shape index (κ3) is 4.66. The number of pyridine rings is 1. The largest absolute Gasteiger partial charge is 0.354 e. The number of aryl methyl sites for hydroxylation is 1. The zero-order chi connectivity index (χ0) is 15.2. The van der Waals surface area contributed by atoms with Crippen LogP contribution >= 0.6 is 22.9 Å². The number of aromatic nitrogens is 2. The van der Waals surface area contributed by atoms with Crippen molar-refractivity contribution in [3.63, 3.8) is 0 Å². The molecule has 0 fully saturated rings. The summed E-state index contributed by atoms with van der Waals surface area (Å²) in [5.74, 6) is 0.915. The van der Waals surface area contributed by atoms with Crippen molar-refractivity contribution < 1.29 is 0 Å². The molecule has 2 aromatic rings. The lowest BCUT2D eigenvalue weighted by Crippen LogP contribution is -2.19. The molecule has 4 nitrogen and oxygen atoms in total. The summed E-state index contributed by atoms with van der Waals surface area (Å²) in [5.41, 5.74) is 2.15. The Morgan fingerprint density at radius 2 is 2.24 bits per heavy atom. The van der Waals surface area contributed by atoms with Crippen molar-refractivity contribution in [2.75, 3.05) is 18.5 Å². The third-order valence-corrected chi connectivity index (χ3v) is 4.28. The molecular weight excluding hydrogens is 304 g/mol. The maximum absolute atomic E-state index is 6.21. The minimum Gasteiger partial charge on any atom is -0.354 e. The van der Waals surface area contributed by atoms with Gasteiger partial charge in [0.15, 0.2) is 0 Å². The molecule has 0 aromatic carbocycles. The minimum absolute atomic E-state index is 0.709. The molecule has 0 bridgehead atoms. The van der Waals surface area contributed by atoms with Gasteiger partial charge in [-0.25, -0.2) is 9.97 Å². The summed E-state index contributed by atoms with van der Waals surface area (Å²) in [4.78, 5) is 11.0. The predicted molar refractivity (Wildman–Crippen MR) is 90.2 cm³/mol.